The summed E-state index contributed by atoms with van der Waals surface area (Å²) in [5, 5.41) is 15.7. The van der Waals surface area contributed by atoms with E-state index < -0.39 is 11.0 Å². The minimum atomic E-state index is -0.579. The number of hydrogen-bond acceptors (Lipinski definition) is 5. The average Bonchev–Trinajstić information content (AvgIpc) is 3.07. The molecule has 23 heavy (non-hydrogen) atoms. The Morgan fingerprint density at radius 3 is 2.65 bits per heavy atom. The van der Waals surface area contributed by atoms with Gasteiger partial charge in [-0.2, -0.15) is 0 Å². The van der Waals surface area contributed by atoms with Gasteiger partial charge in [-0.3, -0.25) is 14.9 Å². The van der Waals surface area contributed by atoms with Crippen LogP contribution in [0.1, 0.15) is 12.8 Å². The predicted molar refractivity (Wildman–Crippen MR) is 82.5 cm³/mol. The lowest BCUT2D eigenvalue weighted by atomic mass is 10.2. The summed E-state index contributed by atoms with van der Waals surface area (Å²) in [5.41, 5.74) is 0.140. The number of methoxy groups -OCH3 is 1. The highest BCUT2D eigenvalue weighted by atomic mass is 16.6. The lowest BCUT2D eigenvalue weighted by Gasteiger charge is -2.16. The summed E-state index contributed by atoms with van der Waals surface area (Å²) in [6, 6.07) is 3.27. The number of nitro groups is 1. The van der Waals surface area contributed by atoms with Crippen LogP contribution >= 0.6 is 0 Å². The standard InChI is InChI=1S/C14H18N4O5/c1-23-12-8-10(18(21)22)4-5-11(12)16-14(20)15-9-13(19)17-6-2-3-7-17/h4-5,8H,2-3,6-7,9H2,1H3,(H2,15,16,20). The molecule has 1 aliphatic heterocycles. The number of non-ortho nitro benzene ring substituents is 1. The van der Waals surface area contributed by atoms with Crippen LogP contribution < -0.4 is 15.4 Å². The zero-order valence-electron chi connectivity index (χ0n) is 12.7. The van der Waals surface area contributed by atoms with Crippen LogP contribution in [0.2, 0.25) is 0 Å². The fraction of sp³-hybridized carbons (Fsp3) is 0.429. The monoisotopic (exact) mass is 322 g/mol. The van der Waals surface area contributed by atoms with Gasteiger partial charge in [-0.15, -0.1) is 0 Å². The van der Waals surface area contributed by atoms with Crippen molar-refractivity contribution in [2.75, 3.05) is 32.1 Å². The number of likely N-dealkylation sites (tertiary alicyclic amines) is 1. The SMILES string of the molecule is COc1cc([N+](=O)[O-])ccc1NC(=O)NCC(=O)N1CCCC1. The molecule has 1 aromatic rings. The van der Waals surface area contributed by atoms with Crippen molar-refractivity contribution in [2.24, 2.45) is 0 Å². The van der Waals surface area contributed by atoms with Crippen LogP contribution in [0.4, 0.5) is 16.2 Å². The number of ether oxygens (including phenoxy) is 1. The number of amides is 3. The first-order valence-corrected chi connectivity index (χ1v) is 7.16. The van der Waals surface area contributed by atoms with Crippen LogP contribution in [0.25, 0.3) is 0 Å². The minimum Gasteiger partial charge on any atom is -0.494 e. The highest BCUT2D eigenvalue weighted by Gasteiger charge is 2.18. The van der Waals surface area contributed by atoms with Gasteiger partial charge in [0.15, 0.2) is 0 Å². The second kappa shape index (κ2) is 7.43. The average molecular weight is 322 g/mol. The second-order valence-corrected chi connectivity index (χ2v) is 5.04. The molecule has 0 saturated carbocycles. The number of nitrogens with zero attached hydrogens (tertiary/aromatic N) is 2. The third-order valence-electron chi connectivity index (χ3n) is 3.50. The quantitative estimate of drug-likeness (QED) is 0.627. The summed E-state index contributed by atoms with van der Waals surface area (Å²) in [6.45, 7) is 1.34. The lowest BCUT2D eigenvalue weighted by molar-refractivity contribution is -0.384. The van der Waals surface area contributed by atoms with Crippen molar-refractivity contribution in [3.05, 3.63) is 28.3 Å². The highest BCUT2D eigenvalue weighted by Crippen LogP contribution is 2.28. The Labute approximate surface area is 132 Å². The molecule has 1 heterocycles. The van der Waals surface area contributed by atoms with Gasteiger partial charge < -0.3 is 20.3 Å². The zero-order valence-corrected chi connectivity index (χ0v) is 12.7. The van der Waals surface area contributed by atoms with E-state index in [1.54, 1.807) is 4.90 Å². The van der Waals surface area contributed by atoms with Crippen LogP contribution in [0.5, 0.6) is 5.75 Å². The molecule has 9 nitrogen and oxygen atoms in total. The van der Waals surface area contributed by atoms with Crippen LogP contribution in [0.15, 0.2) is 18.2 Å². The molecule has 1 aliphatic rings. The topological polar surface area (TPSA) is 114 Å². The van der Waals surface area contributed by atoms with Gasteiger partial charge in [0.1, 0.15) is 5.75 Å². The second-order valence-electron chi connectivity index (χ2n) is 5.04. The number of rotatable bonds is 5. The van der Waals surface area contributed by atoms with Crippen molar-refractivity contribution < 1.29 is 19.2 Å². The summed E-state index contributed by atoms with van der Waals surface area (Å²) < 4.78 is 5.02. The number of carbonyl (C=O) groups excluding carboxylic acids is 2. The Morgan fingerprint density at radius 1 is 1.35 bits per heavy atom. The Hall–Kier alpha value is -2.84. The first-order valence-electron chi connectivity index (χ1n) is 7.16. The van der Waals surface area contributed by atoms with Crippen LogP contribution in [0, 0.1) is 10.1 Å². The molecule has 0 unspecified atom stereocenters. The van der Waals surface area contributed by atoms with Gasteiger partial charge in [0, 0.05) is 19.2 Å². The summed E-state index contributed by atoms with van der Waals surface area (Å²) in [5.74, 6) is 0.0357. The number of hydrogen-bond donors (Lipinski definition) is 2. The largest absolute Gasteiger partial charge is 0.494 e. The predicted octanol–water partition coefficient (Wildman–Crippen LogP) is 1.35. The molecular formula is C14H18N4O5. The summed E-state index contributed by atoms with van der Waals surface area (Å²) in [4.78, 5) is 35.5. The lowest BCUT2D eigenvalue weighted by Crippen LogP contribution is -2.40. The van der Waals surface area contributed by atoms with Gasteiger partial charge in [0.2, 0.25) is 5.91 Å². The number of nitro benzene ring substituents is 1. The molecule has 0 spiro atoms. The maximum absolute atomic E-state index is 11.8. The van der Waals surface area contributed by atoms with Gasteiger partial charge in [-0.25, -0.2) is 4.79 Å². The molecule has 3 amide bonds. The molecule has 0 aromatic heterocycles. The van der Waals surface area contributed by atoms with E-state index in [-0.39, 0.29) is 29.6 Å². The van der Waals surface area contributed by atoms with E-state index in [1.165, 1.54) is 25.3 Å². The fourth-order valence-corrected chi connectivity index (χ4v) is 2.30. The van der Waals surface area contributed by atoms with Gasteiger partial charge >= 0.3 is 6.03 Å². The molecule has 1 fully saturated rings. The van der Waals surface area contributed by atoms with Crippen LogP contribution in [-0.2, 0) is 4.79 Å². The van der Waals surface area contributed by atoms with Gasteiger partial charge in [0.25, 0.3) is 5.69 Å². The van der Waals surface area contributed by atoms with E-state index in [1.807, 2.05) is 0 Å². The molecule has 0 radical (unpaired) electrons. The molecule has 9 heteroatoms. The smallest absolute Gasteiger partial charge is 0.319 e. The Morgan fingerprint density at radius 2 is 2.04 bits per heavy atom. The van der Waals surface area contributed by atoms with E-state index in [0.717, 1.165) is 25.9 Å². The zero-order chi connectivity index (χ0) is 16.8. The molecule has 0 bridgehead atoms. The van der Waals surface area contributed by atoms with E-state index >= 15 is 0 Å². The van der Waals surface area contributed by atoms with E-state index in [9.17, 15) is 19.7 Å². The highest BCUT2D eigenvalue weighted by molar-refractivity contribution is 5.93. The number of nitrogens with one attached hydrogen (secondary N) is 2. The molecular weight excluding hydrogens is 304 g/mol. The normalized spacial score (nSPS) is 13.5. The van der Waals surface area contributed by atoms with Gasteiger partial charge in [-0.05, 0) is 18.9 Å². The summed E-state index contributed by atoms with van der Waals surface area (Å²) >= 11 is 0. The Kier molecular flexibility index (Phi) is 5.34. The van der Waals surface area contributed by atoms with Crippen LogP contribution in [-0.4, -0.2) is 48.5 Å². The first kappa shape index (κ1) is 16.5. The number of benzene rings is 1. The number of anilines is 1. The fourth-order valence-electron chi connectivity index (χ4n) is 2.30. The maximum atomic E-state index is 11.8. The number of urea groups is 1. The van der Waals surface area contributed by atoms with Crippen molar-refractivity contribution in [3.63, 3.8) is 0 Å². The summed E-state index contributed by atoms with van der Waals surface area (Å²) in [7, 11) is 1.35. The van der Waals surface area contributed by atoms with E-state index in [0.29, 0.717) is 0 Å². The van der Waals surface area contributed by atoms with Crippen molar-refractivity contribution in [1.82, 2.24) is 10.2 Å². The minimum absolute atomic E-state index is 0.0961. The van der Waals surface area contributed by atoms with Crippen molar-refractivity contribution >= 4 is 23.3 Å². The molecule has 1 aromatic carbocycles. The van der Waals surface area contributed by atoms with Crippen molar-refractivity contribution in [2.45, 2.75) is 12.8 Å². The third kappa shape index (κ3) is 4.31. The molecule has 0 atom stereocenters. The van der Waals surface area contributed by atoms with Crippen molar-refractivity contribution in [3.8, 4) is 5.75 Å². The maximum Gasteiger partial charge on any atom is 0.319 e. The van der Waals surface area contributed by atoms with E-state index in [2.05, 4.69) is 10.6 Å². The number of carbonyl (C=O) groups is 2. The molecule has 1 saturated heterocycles. The Balaban J connectivity index is 1.91. The molecule has 0 aliphatic carbocycles. The van der Waals surface area contributed by atoms with Crippen molar-refractivity contribution in [1.29, 1.82) is 0 Å². The third-order valence-corrected chi connectivity index (χ3v) is 3.50. The molecule has 2 N–H and O–H groups in total. The molecule has 2 rings (SSSR count). The van der Waals surface area contributed by atoms with Crippen LogP contribution in [0.3, 0.4) is 0 Å². The summed E-state index contributed by atoms with van der Waals surface area (Å²) in [6.07, 6.45) is 1.97. The van der Waals surface area contributed by atoms with Gasteiger partial charge in [0.05, 0.1) is 30.3 Å². The van der Waals surface area contributed by atoms with E-state index in [4.69, 9.17) is 4.74 Å². The first-order chi connectivity index (χ1) is 11.0. The Bertz CT molecular complexity index is 613. The van der Waals surface area contributed by atoms with Gasteiger partial charge in [-0.1, -0.05) is 0 Å². The molecule has 124 valence electrons.